The topological polar surface area (TPSA) is 18.5 Å². The van der Waals surface area contributed by atoms with Crippen LogP contribution in [0.4, 0.5) is 0 Å². The third kappa shape index (κ3) is 4.29. The molecule has 0 saturated carbocycles. The van der Waals surface area contributed by atoms with Crippen LogP contribution in [0.1, 0.15) is 16.7 Å². The van der Waals surface area contributed by atoms with Gasteiger partial charge in [0.1, 0.15) is 11.5 Å². The molecular weight excluding hydrogens is 307 g/mol. The van der Waals surface area contributed by atoms with Crippen molar-refractivity contribution in [3.63, 3.8) is 0 Å². The molecule has 0 heterocycles. The van der Waals surface area contributed by atoms with E-state index in [2.05, 4.69) is 12.1 Å². The van der Waals surface area contributed by atoms with E-state index >= 15 is 0 Å². The zero-order valence-electron chi connectivity index (χ0n) is 11.9. The van der Waals surface area contributed by atoms with Gasteiger partial charge in [-0.1, -0.05) is 30.3 Å². The largest absolute Gasteiger partial charge is 0.496 e. The Labute approximate surface area is 135 Å². The molecule has 2 nitrogen and oxygen atoms in total. The van der Waals surface area contributed by atoms with Crippen LogP contribution in [0, 0.1) is 0 Å². The lowest BCUT2D eigenvalue weighted by molar-refractivity contribution is 0.318. The maximum absolute atomic E-state index is 5.98. The van der Waals surface area contributed by atoms with Gasteiger partial charge in [-0.05, 0) is 17.7 Å². The lowest BCUT2D eigenvalue weighted by Crippen LogP contribution is -2.04. The molecule has 0 bridgehead atoms. The van der Waals surface area contributed by atoms with Gasteiger partial charge in [-0.25, -0.2) is 0 Å². The van der Waals surface area contributed by atoms with Gasteiger partial charge in [0.15, 0.2) is 0 Å². The van der Waals surface area contributed by atoms with Gasteiger partial charge in [-0.2, -0.15) is 0 Å². The first-order chi connectivity index (χ1) is 10.3. The second-order valence-corrected chi connectivity index (χ2v) is 5.16. The van der Waals surface area contributed by atoms with Crippen molar-refractivity contribution >= 4 is 23.2 Å². The van der Waals surface area contributed by atoms with Crippen molar-refractivity contribution in [3.8, 4) is 11.5 Å². The van der Waals surface area contributed by atoms with E-state index in [0.717, 1.165) is 29.0 Å². The van der Waals surface area contributed by atoms with Crippen LogP contribution >= 0.6 is 23.2 Å². The smallest absolute Gasteiger partial charge is 0.124 e. The molecular formula is C17H18Cl2O2. The van der Waals surface area contributed by atoms with Crippen molar-refractivity contribution in [2.75, 3.05) is 13.7 Å². The van der Waals surface area contributed by atoms with Crippen LogP contribution in [0.3, 0.4) is 0 Å². The lowest BCUT2D eigenvalue weighted by atomic mass is 10.1. The van der Waals surface area contributed by atoms with Gasteiger partial charge in [-0.3, -0.25) is 0 Å². The van der Waals surface area contributed by atoms with Crippen LogP contribution in [-0.2, 0) is 18.2 Å². The van der Waals surface area contributed by atoms with Crippen molar-refractivity contribution in [1.82, 2.24) is 0 Å². The van der Waals surface area contributed by atoms with Crippen LogP contribution < -0.4 is 9.47 Å². The predicted octanol–water partition coefficient (Wildman–Crippen LogP) is 4.79. The summed E-state index contributed by atoms with van der Waals surface area (Å²) < 4.78 is 11.2. The van der Waals surface area contributed by atoms with Gasteiger partial charge in [0.25, 0.3) is 0 Å². The third-order valence-corrected chi connectivity index (χ3v) is 3.82. The van der Waals surface area contributed by atoms with E-state index in [-0.39, 0.29) is 0 Å². The molecule has 2 aromatic carbocycles. The Morgan fingerprint density at radius 2 is 1.52 bits per heavy atom. The van der Waals surface area contributed by atoms with Crippen molar-refractivity contribution < 1.29 is 9.47 Å². The highest BCUT2D eigenvalue weighted by Gasteiger charge is 2.10. The van der Waals surface area contributed by atoms with Crippen molar-refractivity contribution in [3.05, 3.63) is 59.2 Å². The summed E-state index contributed by atoms with van der Waals surface area (Å²) in [6, 6.07) is 14.0. The van der Waals surface area contributed by atoms with Gasteiger partial charge >= 0.3 is 0 Å². The molecule has 0 saturated heterocycles. The quantitative estimate of drug-likeness (QED) is 0.681. The summed E-state index contributed by atoms with van der Waals surface area (Å²) >= 11 is 11.9. The molecule has 0 unspecified atom stereocenters. The summed E-state index contributed by atoms with van der Waals surface area (Å²) in [6.07, 6.45) is 0.852. The average Bonchev–Trinajstić information content (AvgIpc) is 2.55. The molecule has 0 aliphatic heterocycles. The average molecular weight is 325 g/mol. The molecule has 0 fully saturated rings. The summed E-state index contributed by atoms with van der Waals surface area (Å²) in [5.74, 6) is 2.27. The minimum absolute atomic E-state index is 0.375. The highest BCUT2D eigenvalue weighted by molar-refractivity contribution is 6.18. The van der Waals surface area contributed by atoms with Gasteiger partial charge in [0.05, 0.1) is 25.5 Å². The normalized spacial score (nSPS) is 10.4. The predicted molar refractivity (Wildman–Crippen MR) is 87.7 cm³/mol. The van der Waals surface area contributed by atoms with Gasteiger partial charge in [0.2, 0.25) is 0 Å². The Balaban J connectivity index is 2.08. The van der Waals surface area contributed by atoms with Crippen LogP contribution in [0.15, 0.2) is 42.5 Å². The number of hydrogen-bond acceptors (Lipinski definition) is 2. The number of rotatable bonds is 7. The first-order valence-electron chi connectivity index (χ1n) is 6.77. The van der Waals surface area contributed by atoms with E-state index in [9.17, 15) is 0 Å². The number of alkyl halides is 2. The number of methoxy groups -OCH3 is 1. The fraction of sp³-hybridized carbons (Fsp3) is 0.294. The Morgan fingerprint density at radius 3 is 2.14 bits per heavy atom. The summed E-state index contributed by atoms with van der Waals surface area (Å²) in [5.41, 5.74) is 3.06. The molecule has 0 aliphatic carbocycles. The fourth-order valence-corrected chi connectivity index (χ4v) is 2.52. The minimum atomic E-state index is 0.375. The molecule has 0 radical (unpaired) electrons. The second kappa shape index (κ2) is 8.16. The maximum Gasteiger partial charge on any atom is 0.124 e. The zero-order valence-corrected chi connectivity index (χ0v) is 13.5. The van der Waals surface area contributed by atoms with Gasteiger partial charge in [0, 0.05) is 17.5 Å². The highest BCUT2D eigenvalue weighted by atomic mass is 35.5. The van der Waals surface area contributed by atoms with Crippen LogP contribution in [-0.4, -0.2) is 13.7 Å². The summed E-state index contributed by atoms with van der Waals surface area (Å²) in [4.78, 5) is 0. The Bertz CT molecular complexity index is 571. The summed E-state index contributed by atoms with van der Waals surface area (Å²) in [7, 11) is 1.62. The summed E-state index contributed by atoms with van der Waals surface area (Å²) in [5, 5.41) is 0. The number of hydrogen-bond donors (Lipinski definition) is 0. The summed E-state index contributed by atoms with van der Waals surface area (Å²) in [6.45, 7) is 0.599. The highest BCUT2D eigenvalue weighted by Crippen LogP contribution is 2.31. The molecule has 0 spiro atoms. The molecule has 21 heavy (non-hydrogen) atoms. The molecule has 112 valence electrons. The standard InChI is InChI=1S/C17H18Cl2O2/c1-20-16-9-15(12-19)17(10-14(16)11-18)21-8-7-13-5-3-2-4-6-13/h2-6,9-10H,7-8,11-12H2,1H3. The Hall–Kier alpha value is -1.38. The SMILES string of the molecule is COc1cc(CCl)c(OCCc2ccccc2)cc1CCl. The van der Waals surface area contributed by atoms with Gasteiger partial charge < -0.3 is 9.47 Å². The van der Waals surface area contributed by atoms with E-state index < -0.39 is 0 Å². The minimum Gasteiger partial charge on any atom is -0.496 e. The molecule has 0 aliphatic rings. The second-order valence-electron chi connectivity index (χ2n) is 4.62. The first kappa shape index (κ1) is 16.0. The zero-order chi connectivity index (χ0) is 15.1. The molecule has 0 atom stereocenters. The first-order valence-corrected chi connectivity index (χ1v) is 7.83. The van der Waals surface area contributed by atoms with Crippen LogP contribution in [0.2, 0.25) is 0 Å². The van der Waals surface area contributed by atoms with Crippen molar-refractivity contribution in [2.24, 2.45) is 0 Å². The van der Waals surface area contributed by atoms with Gasteiger partial charge in [-0.15, -0.1) is 23.2 Å². The molecule has 0 aromatic heterocycles. The molecule has 4 heteroatoms. The Kier molecular flexibility index (Phi) is 6.21. The third-order valence-electron chi connectivity index (χ3n) is 3.24. The number of ether oxygens (including phenoxy) is 2. The van der Waals surface area contributed by atoms with E-state index in [1.165, 1.54) is 5.56 Å². The van der Waals surface area contributed by atoms with Crippen molar-refractivity contribution in [2.45, 2.75) is 18.2 Å². The molecule has 0 amide bonds. The van der Waals surface area contributed by atoms with E-state index in [0.29, 0.717) is 18.4 Å². The van der Waals surface area contributed by atoms with E-state index in [1.54, 1.807) is 7.11 Å². The molecule has 2 rings (SSSR count). The Morgan fingerprint density at radius 1 is 0.905 bits per heavy atom. The fourth-order valence-electron chi connectivity index (χ4n) is 2.10. The van der Waals surface area contributed by atoms with E-state index in [1.807, 2.05) is 30.3 Å². The van der Waals surface area contributed by atoms with Crippen molar-refractivity contribution in [1.29, 1.82) is 0 Å². The van der Waals surface area contributed by atoms with E-state index in [4.69, 9.17) is 32.7 Å². The molecule has 2 aromatic rings. The number of benzene rings is 2. The molecule has 0 N–H and O–H groups in total. The lowest BCUT2D eigenvalue weighted by Gasteiger charge is -2.14. The maximum atomic E-state index is 5.98. The monoisotopic (exact) mass is 324 g/mol. The van der Waals surface area contributed by atoms with Crippen LogP contribution in [0.25, 0.3) is 0 Å². The van der Waals surface area contributed by atoms with Crippen LogP contribution in [0.5, 0.6) is 11.5 Å². The number of halogens is 2.